The predicted molar refractivity (Wildman–Crippen MR) is 154 cm³/mol. The first kappa shape index (κ1) is 22.9. The Morgan fingerprint density at radius 1 is 0.600 bits per heavy atom. The number of amides is 2. The summed E-state index contributed by atoms with van der Waals surface area (Å²) in [5.41, 5.74) is 3.07. The average molecular weight is 522 g/mol. The smallest absolute Gasteiger partial charge is 0.319 e. The molecular formula is C35H23NO4. The van der Waals surface area contributed by atoms with Gasteiger partial charge in [0.2, 0.25) is 11.8 Å². The first-order valence-electron chi connectivity index (χ1n) is 13.5. The van der Waals surface area contributed by atoms with E-state index in [9.17, 15) is 14.4 Å². The van der Waals surface area contributed by atoms with Gasteiger partial charge in [0.1, 0.15) is 5.75 Å². The third-order valence-corrected chi connectivity index (χ3v) is 8.67. The molecular weight excluding hydrogens is 498 g/mol. The molecule has 5 nitrogen and oxygen atoms in total. The van der Waals surface area contributed by atoms with Crippen LogP contribution in [0, 0.1) is 17.8 Å². The van der Waals surface area contributed by atoms with Gasteiger partial charge in [0.25, 0.3) is 0 Å². The minimum absolute atomic E-state index is 0.285. The highest BCUT2D eigenvalue weighted by Gasteiger charge is 2.60. The third-order valence-electron chi connectivity index (χ3n) is 8.67. The highest BCUT2D eigenvalue weighted by atomic mass is 16.5. The molecule has 40 heavy (non-hydrogen) atoms. The van der Waals surface area contributed by atoms with E-state index in [4.69, 9.17) is 4.74 Å². The van der Waals surface area contributed by atoms with E-state index < -0.39 is 23.7 Å². The summed E-state index contributed by atoms with van der Waals surface area (Å²) in [5, 5.41) is 3.73. The fourth-order valence-electron chi connectivity index (χ4n) is 6.97. The number of fused-ring (bicyclic) bond motifs is 8. The standard InChI is InChI=1S/C35H23NO4/c37-33-30-25(21-9-2-1-3-10-21)19-26-29-24-15-7-5-12-22(24)17-18-28(29)40-35(39)31(26)32(30)34(38)36(33)27-16-8-13-20-11-4-6-14-23(20)27/h1-19,25,30-32H/t25-,30+,31+,32-/m1/s1. The quantitative estimate of drug-likeness (QED) is 0.151. The number of hydrogen-bond donors (Lipinski definition) is 0. The zero-order valence-corrected chi connectivity index (χ0v) is 21.4. The minimum atomic E-state index is -0.878. The van der Waals surface area contributed by atoms with Crippen molar-refractivity contribution < 1.29 is 19.1 Å². The lowest BCUT2D eigenvalue weighted by Crippen LogP contribution is -2.42. The number of rotatable bonds is 2. The summed E-state index contributed by atoms with van der Waals surface area (Å²) in [6.45, 7) is 0. The van der Waals surface area contributed by atoms with E-state index in [-0.39, 0.29) is 17.7 Å². The van der Waals surface area contributed by atoms with Crippen LogP contribution in [0.4, 0.5) is 5.69 Å². The molecule has 192 valence electrons. The molecule has 0 unspecified atom stereocenters. The molecule has 8 rings (SSSR count). The van der Waals surface area contributed by atoms with Crippen molar-refractivity contribution in [2.75, 3.05) is 4.90 Å². The summed E-state index contributed by atoms with van der Waals surface area (Å²) in [6, 6.07) is 34.9. The lowest BCUT2D eigenvalue weighted by Gasteiger charge is -2.38. The number of anilines is 1. The van der Waals surface area contributed by atoms with Gasteiger partial charge in [-0.3, -0.25) is 14.4 Å². The Hall–Kier alpha value is -5.03. The number of allylic oxidation sites excluding steroid dienone is 1. The summed E-state index contributed by atoms with van der Waals surface area (Å²) in [4.78, 5) is 43.7. The monoisotopic (exact) mass is 521 g/mol. The zero-order chi connectivity index (χ0) is 27.0. The molecule has 0 spiro atoms. The molecule has 1 fully saturated rings. The van der Waals surface area contributed by atoms with E-state index in [1.54, 1.807) is 0 Å². The lowest BCUT2D eigenvalue weighted by atomic mass is 9.64. The summed E-state index contributed by atoms with van der Waals surface area (Å²) in [6.07, 6.45) is 2.05. The fraction of sp³-hybridized carbons (Fsp3) is 0.114. The van der Waals surface area contributed by atoms with Crippen LogP contribution in [0.15, 0.2) is 115 Å². The second-order valence-corrected chi connectivity index (χ2v) is 10.7. The maximum Gasteiger partial charge on any atom is 0.319 e. The van der Waals surface area contributed by atoms with Gasteiger partial charge < -0.3 is 4.74 Å². The van der Waals surface area contributed by atoms with Gasteiger partial charge >= 0.3 is 5.97 Å². The van der Waals surface area contributed by atoms with Gasteiger partial charge in [0.05, 0.1) is 23.4 Å². The molecule has 1 aliphatic carbocycles. The van der Waals surface area contributed by atoms with Gasteiger partial charge in [0.15, 0.2) is 0 Å². The number of carbonyl (C=O) groups excluding carboxylic acids is 3. The fourth-order valence-corrected chi connectivity index (χ4v) is 6.97. The Labute approximate surface area is 230 Å². The van der Waals surface area contributed by atoms with Gasteiger partial charge in [-0.1, -0.05) is 103 Å². The molecule has 2 amide bonds. The number of esters is 1. The van der Waals surface area contributed by atoms with Crippen molar-refractivity contribution in [3.63, 3.8) is 0 Å². The minimum Gasteiger partial charge on any atom is -0.425 e. The summed E-state index contributed by atoms with van der Waals surface area (Å²) < 4.78 is 5.89. The number of ether oxygens (including phenoxy) is 1. The van der Waals surface area contributed by atoms with Gasteiger partial charge in [-0.2, -0.15) is 0 Å². The summed E-state index contributed by atoms with van der Waals surface area (Å²) in [5.74, 6) is -3.51. The van der Waals surface area contributed by atoms with Crippen molar-refractivity contribution in [3.05, 3.63) is 126 Å². The Bertz CT molecular complexity index is 1920. The van der Waals surface area contributed by atoms with Gasteiger partial charge in [-0.05, 0) is 39.4 Å². The van der Waals surface area contributed by atoms with Crippen LogP contribution in [0.1, 0.15) is 17.0 Å². The molecule has 5 heteroatoms. The normalized spacial score (nSPS) is 23.4. The molecule has 0 aromatic heterocycles. The van der Waals surface area contributed by atoms with E-state index in [0.29, 0.717) is 11.4 Å². The van der Waals surface area contributed by atoms with Gasteiger partial charge in [0, 0.05) is 16.9 Å². The molecule has 0 saturated carbocycles. The van der Waals surface area contributed by atoms with Crippen LogP contribution >= 0.6 is 0 Å². The summed E-state index contributed by atoms with van der Waals surface area (Å²) in [7, 11) is 0. The topological polar surface area (TPSA) is 63.7 Å². The van der Waals surface area contributed by atoms with Crippen molar-refractivity contribution in [1.82, 2.24) is 0 Å². The second-order valence-electron chi connectivity index (χ2n) is 10.7. The molecule has 0 bridgehead atoms. The number of nitrogens with zero attached hydrogens (tertiary/aromatic N) is 1. The molecule has 2 heterocycles. The molecule has 3 aliphatic rings. The lowest BCUT2D eigenvalue weighted by molar-refractivity contribution is -0.142. The number of benzene rings is 5. The highest BCUT2D eigenvalue weighted by molar-refractivity contribution is 6.27. The largest absolute Gasteiger partial charge is 0.425 e. The zero-order valence-electron chi connectivity index (χ0n) is 21.4. The number of imide groups is 1. The van der Waals surface area contributed by atoms with Crippen LogP contribution in [-0.2, 0) is 14.4 Å². The molecule has 5 aromatic rings. The van der Waals surface area contributed by atoms with E-state index in [1.807, 2.05) is 115 Å². The molecule has 1 saturated heterocycles. The Morgan fingerprint density at radius 3 is 2.05 bits per heavy atom. The van der Waals surface area contributed by atoms with Crippen molar-refractivity contribution in [2.45, 2.75) is 5.92 Å². The summed E-state index contributed by atoms with van der Waals surface area (Å²) >= 11 is 0. The first-order chi connectivity index (χ1) is 19.6. The number of hydrogen-bond acceptors (Lipinski definition) is 4. The van der Waals surface area contributed by atoms with E-state index in [1.165, 1.54) is 4.90 Å². The van der Waals surface area contributed by atoms with Gasteiger partial charge in [-0.15, -0.1) is 0 Å². The molecule has 0 N–H and O–H groups in total. The second kappa shape index (κ2) is 8.48. The SMILES string of the molecule is O=C1Oc2ccc3ccccc3c2C2=C[C@H](c3ccccc3)[C@@H]3C(=O)N(c4cccc5ccccc45)C(=O)[C@H]3[C@@H]12. The molecule has 0 radical (unpaired) electrons. The van der Waals surface area contributed by atoms with Crippen LogP contribution in [0.5, 0.6) is 5.75 Å². The molecule has 5 aromatic carbocycles. The molecule has 2 aliphatic heterocycles. The van der Waals surface area contributed by atoms with E-state index in [2.05, 4.69) is 0 Å². The van der Waals surface area contributed by atoms with Gasteiger partial charge in [-0.25, -0.2) is 4.90 Å². The molecule has 4 atom stereocenters. The van der Waals surface area contributed by atoms with E-state index in [0.717, 1.165) is 38.2 Å². The maximum absolute atomic E-state index is 14.4. The van der Waals surface area contributed by atoms with Crippen LogP contribution < -0.4 is 9.64 Å². The van der Waals surface area contributed by atoms with Crippen LogP contribution in [0.2, 0.25) is 0 Å². The Morgan fingerprint density at radius 2 is 1.25 bits per heavy atom. The van der Waals surface area contributed by atoms with Crippen LogP contribution in [0.25, 0.3) is 27.1 Å². The Kier molecular flexibility index (Phi) is 4.86. The van der Waals surface area contributed by atoms with Crippen molar-refractivity contribution >= 4 is 50.6 Å². The van der Waals surface area contributed by atoms with Crippen molar-refractivity contribution in [2.24, 2.45) is 17.8 Å². The van der Waals surface area contributed by atoms with Crippen molar-refractivity contribution in [1.29, 1.82) is 0 Å². The third kappa shape index (κ3) is 3.12. The Balaban J connectivity index is 1.37. The maximum atomic E-state index is 14.4. The number of carbonyl (C=O) groups is 3. The van der Waals surface area contributed by atoms with Crippen molar-refractivity contribution in [3.8, 4) is 5.75 Å². The average Bonchev–Trinajstić information content (AvgIpc) is 3.26. The predicted octanol–water partition coefficient (Wildman–Crippen LogP) is 6.51. The van der Waals surface area contributed by atoms with E-state index >= 15 is 0 Å². The van der Waals surface area contributed by atoms with Crippen LogP contribution in [0.3, 0.4) is 0 Å². The first-order valence-corrected chi connectivity index (χ1v) is 13.5. The van der Waals surface area contributed by atoms with Crippen LogP contribution in [-0.4, -0.2) is 17.8 Å². The highest BCUT2D eigenvalue weighted by Crippen LogP contribution is 2.56.